The maximum Gasteiger partial charge on any atom is 0.326 e. The average Bonchev–Trinajstić information content (AvgIpc) is 2.42. The van der Waals surface area contributed by atoms with E-state index in [1.807, 2.05) is 0 Å². The van der Waals surface area contributed by atoms with Gasteiger partial charge in [0.05, 0.1) is 0 Å². The van der Waals surface area contributed by atoms with E-state index in [2.05, 4.69) is 5.32 Å². The Morgan fingerprint density at radius 2 is 1.70 bits per heavy atom. The molecule has 0 unspecified atom stereocenters. The number of aliphatic carboxylic acids is 1. The maximum atomic E-state index is 11.7. The molecular formula is C15H17NO4. The fourth-order valence-corrected chi connectivity index (χ4v) is 1.56. The zero-order valence-electron chi connectivity index (χ0n) is 11.4. The number of carboxylic acid groups (broad SMARTS) is 1. The van der Waals surface area contributed by atoms with Crippen molar-refractivity contribution in [2.24, 2.45) is 5.92 Å². The molecule has 1 rings (SSSR count). The van der Waals surface area contributed by atoms with Crippen molar-refractivity contribution in [1.82, 2.24) is 5.32 Å². The molecular weight excluding hydrogens is 258 g/mol. The smallest absolute Gasteiger partial charge is 0.326 e. The molecule has 20 heavy (non-hydrogen) atoms. The molecule has 106 valence electrons. The number of nitrogens with one attached hydrogen (secondary N) is 1. The van der Waals surface area contributed by atoms with Gasteiger partial charge in [0.2, 0.25) is 5.91 Å². The molecule has 5 nitrogen and oxygen atoms in total. The fourth-order valence-electron chi connectivity index (χ4n) is 1.56. The Kier molecular flexibility index (Phi) is 5.65. The van der Waals surface area contributed by atoms with Crippen LogP contribution in [-0.4, -0.2) is 28.8 Å². The van der Waals surface area contributed by atoms with Crippen molar-refractivity contribution in [2.75, 3.05) is 0 Å². The highest BCUT2D eigenvalue weighted by Crippen LogP contribution is 2.03. The third kappa shape index (κ3) is 4.68. The molecule has 5 heteroatoms. The van der Waals surface area contributed by atoms with Crippen LogP contribution in [0.1, 0.15) is 24.2 Å². The number of carbonyl (C=O) groups is 3. The van der Waals surface area contributed by atoms with Gasteiger partial charge < -0.3 is 10.4 Å². The first-order chi connectivity index (χ1) is 9.41. The molecule has 0 spiro atoms. The quantitative estimate of drug-likeness (QED) is 0.611. The molecule has 0 aromatic heterocycles. The first kappa shape index (κ1) is 15.6. The van der Waals surface area contributed by atoms with Crippen molar-refractivity contribution in [3.63, 3.8) is 0 Å². The van der Waals surface area contributed by atoms with Crippen LogP contribution in [0, 0.1) is 5.92 Å². The third-order valence-corrected chi connectivity index (χ3v) is 2.67. The minimum Gasteiger partial charge on any atom is -0.480 e. The number of allylic oxidation sites excluding steroid dienone is 1. The van der Waals surface area contributed by atoms with E-state index in [9.17, 15) is 14.4 Å². The van der Waals surface area contributed by atoms with E-state index in [4.69, 9.17) is 5.11 Å². The molecule has 0 fully saturated rings. The van der Waals surface area contributed by atoms with Gasteiger partial charge in [0.1, 0.15) is 6.04 Å². The van der Waals surface area contributed by atoms with Crippen LogP contribution in [0.3, 0.4) is 0 Å². The molecule has 0 aliphatic carbocycles. The van der Waals surface area contributed by atoms with E-state index < -0.39 is 17.9 Å². The van der Waals surface area contributed by atoms with Crippen LogP contribution < -0.4 is 5.32 Å². The summed E-state index contributed by atoms with van der Waals surface area (Å²) in [7, 11) is 0. The second-order valence-corrected chi connectivity index (χ2v) is 4.63. The summed E-state index contributed by atoms with van der Waals surface area (Å²) >= 11 is 0. The highest BCUT2D eigenvalue weighted by Gasteiger charge is 2.22. The minimum atomic E-state index is -1.10. The maximum absolute atomic E-state index is 11.7. The summed E-state index contributed by atoms with van der Waals surface area (Å²) in [5, 5.41) is 11.3. The van der Waals surface area contributed by atoms with Gasteiger partial charge in [0, 0.05) is 11.6 Å². The Morgan fingerprint density at radius 1 is 1.10 bits per heavy atom. The van der Waals surface area contributed by atoms with Crippen LogP contribution in [0.5, 0.6) is 0 Å². The summed E-state index contributed by atoms with van der Waals surface area (Å²) in [6.07, 6.45) is 2.18. The van der Waals surface area contributed by atoms with E-state index in [0.29, 0.717) is 5.56 Å². The Labute approximate surface area is 117 Å². The van der Waals surface area contributed by atoms with Crippen molar-refractivity contribution < 1.29 is 19.5 Å². The molecule has 0 saturated heterocycles. The number of carboxylic acids is 1. The highest BCUT2D eigenvalue weighted by molar-refractivity contribution is 6.07. The van der Waals surface area contributed by atoms with Gasteiger partial charge in [-0.3, -0.25) is 9.59 Å². The summed E-state index contributed by atoms with van der Waals surface area (Å²) in [4.78, 5) is 34.2. The average molecular weight is 275 g/mol. The summed E-state index contributed by atoms with van der Waals surface area (Å²) in [6.45, 7) is 3.38. The Bertz CT molecular complexity index is 520. The first-order valence-electron chi connectivity index (χ1n) is 6.22. The summed E-state index contributed by atoms with van der Waals surface area (Å²) < 4.78 is 0. The molecule has 1 aromatic rings. The minimum absolute atomic E-state index is 0.241. The zero-order valence-corrected chi connectivity index (χ0v) is 11.4. The van der Waals surface area contributed by atoms with E-state index in [1.54, 1.807) is 44.2 Å². The lowest BCUT2D eigenvalue weighted by atomic mass is 10.0. The van der Waals surface area contributed by atoms with E-state index in [0.717, 1.165) is 12.2 Å². The van der Waals surface area contributed by atoms with Crippen LogP contribution >= 0.6 is 0 Å². The number of carbonyl (C=O) groups excluding carboxylic acids is 2. The number of rotatable bonds is 6. The molecule has 0 aliphatic rings. The summed E-state index contributed by atoms with van der Waals surface area (Å²) in [5.74, 6) is -2.25. The molecule has 0 heterocycles. The largest absolute Gasteiger partial charge is 0.480 e. The molecule has 1 atom stereocenters. The number of benzene rings is 1. The topological polar surface area (TPSA) is 83.5 Å². The van der Waals surface area contributed by atoms with Crippen molar-refractivity contribution >= 4 is 17.7 Å². The van der Waals surface area contributed by atoms with Crippen LogP contribution in [0.15, 0.2) is 42.5 Å². The Morgan fingerprint density at radius 3 is 2.20 bits per heavy atom. The van der Waals surface area contributed by atoms with Gasteiger partial charge >= 0.3 is 5.97 Å². The van der Waals surface area contributed by atoms with Crippen LogP contribution in [0.25, 0.3) is 0 Å². The van der Waals surface area contributed by atoms with Gasteiger partial charge in [0.25, 0.3) is 0 Å². The Balaban J connectivity index is 2.64. The van der Waals surface area contributed by atoms with E-state index in [1.165, 1.54) is 0 Å². The van der Waals surface area contributed by atoms with Gasteiger partial charge in [0.15, 0.2) is 5.78 Å². The van der Waals surface area contributed by atoms with Crippen molar-refractivity contribution in [2.45, 2.75) is 19.9 Å². The number of hydrogen-bond acceptors (Lipinski definition) is 3. The number of ketones is 1. The monoisotopic (exact) mass is 275 g/mol. The van der Waals surface area contributed by atoms with Gasteiger partial charge in [-0.2, -0.15) is 0 Å². The van der Waals surface area contributed by atoms with E-state index >= 15 is 0 Å². The van der Waals surface area contributed by atoms with Crippen molar-refractivity contribution in [1.29, 1.82) is 0 Å². The molecule has 0 radical (unpaired) electrons. The van der Waals surface area contributed by atoms with E-state index in [-0.39, 0.29) is 11.7 Å². The number of amides is 1. The second kappa shape index (κ2) is 7.23. The lowest BCUT2D eigenvalue weighted by Gasteiger charge is -2.16. The molecule has 1 amide bonds. The molecule has 0 bridgehead atoms. The molecule has 0 saturated carbocycles. The van der Waals surface area contributed by atoms with Crippen LogP contribution in [-0.2, 0) is 9.59 Å². The highest BCUT2D eigenvalue weighted by atomic mass is 16.4. The lowest BCUT2D eigenvalue weighted by Crippen LogP contribution is -2.43. The fraction of sp³-hybridized carbons (Fsp3) is 0.267. The van der Waals surface area contributed by atoms with Gasteiger partial charge in [-0.05, 0) is 12.0 Å². The molecule has 1 aromatic carbocycles. The third-order valence-electron chi connectivity index (χ3n) is 2.67. The predicted octanol–water partition coefficient (Wildman–Crippen LogP) is 1.65. The standard InChI is InChI=1S/C15H17NO4/c1-10(2)14(15(19)20)16-13(18)9-8-12(17)11-6-4-3-5-7-11/h3-10,14H,1-2H3,(H,16,18)(H,19,20)/b9-8+/t14-/m0/s1. The van der Waals surface area contributed by atoms with Crippen LogP contribution in [0.4, 0.5) is 0 Å². The Hall–Kier alpha value is -2.43. The van der Waals surface area contributed by atoms with Gasteiger partial charge in [-0.1, -0.05) is 44.2 Å². The molecule has 2 N–H and O–H groups in total. The predicted molar refractivity (Wildman–Crippen MR) is 74.3 cm³/mol. The molecule has 0 aliphatic heterocycles. The van der Waals surface area contributed by atoms with Crippen molar-refractivity contribution in [3.05, 3.63) is 48.0 Å². The second-order valence-electron chi connectivity index (χ2n) is 4.63. The van der Waals surface area contributed by atoms with Gasteiger partial charge in [-0.25, -0.2) is 4.79 Å². The summed E-state index contributed by atoms with van der Waals surface area (Å²) in [6, 6.07) is 7.53. The SMILES string of the molecule is CC(C)[C@H](NC(=O)/C=C/C(=O)c1ccccc1)C(=O)O. The van der Waals surface area contributed by atoms with Crippen molar-refractivity contribution in [3.8, 4) is 0 Å². The van der Waals surface area contributed by atoms with Crippen LogP contribution in [0.2, 0.25) is 0 Å². The first-order valence-corrected chi connectivity index (χ1v) is 6.22. The summed E-state index contributed by atoms with van der Waals surface area (Å²) in [5.41, 5.74) is 0.468. The normalized spacial score (nSPS) is 12.3. The zero-order chi connectivity index (χ0) is 15.1. The number of hydrogen-bond donors (Lipinski definition) is 2. The lowest BCUT2D eigenvalue weighted by molar-refractivity contribution is -0.142. The van der Waals surface area contributed by atoms with Gasteiger partial charge in [-0.15, -0.1) is 0 Å².